The maximum Gasteiger partial charge on any atom is 0.230 e. The monoisotopic (exact) mass is 382 g/mol. The number of ether oxygens (including phenoxy) is 1. The average Bonchev–Trinajstić information content (AvgIpc) is 2.84. The first kappa shape index (κ1) is 17.9. The van der Waals surface area contributed by atoms with Crippen LogP contribution in [0.15, 0.2) is 15.2 Å². The van der Waals surface area contributed by atoms with Gasteiger partial charge in [-0.3, -0.25) is 4.79 Å². The number of hydrogen-bond acceptors (Lipinski definition) is 4. The lowest BCUT2D eigenvalue weighted by Crippen LogP contribution is -2.49. The van der Waals surface area contributed by atoms with Gasteiger partial charge in [0.05, 0.1) is 9.20 Å². The first-order valence-corrected chi connectivity index (χ1v) is 8.01. The van der Waals surface area contributed by atoms with Gasteiger partial charge in [-0.25, -0.2) is 0 Å². The van der Waals surface area contributed by atoms with E-state index in [0.29, 0.717) is 26.3 Å². The highest BCUT2D eigenvalue weighted by Gasteiger charge is 2.40. The van der Waals surface area contributed by atoms with Crippen LogP contribution in [0.4, 0.5) is 0 Å². The van der Waals surface area contributed by atoms with Crippen LogP contribution in [0, 0.1) is 5.41 Å². The lowest BCUT2D eigenvalue weighted by molar-refractivity contribution is -0.146. The van der Waals surface area contributed by atoms with E-state index in [9.17, 15) is 4.79 Å². The van der Waals surface area contributed by atoms with Gasteiger partial charge in [-0.2, -0.15) is 0 Å². The van der Waals surface area contributed by atoms with Crippen molar-refractivity contribution in [1.29, 1.82) is 0 Å². The third-order valence-electron chi connectivity index (χ3n) is 3.68. The molecular formula is C13H20BrClN2O2S. The molecule has 0 bridgehead atoms. The number of rotatable bonds is 4. The lowest BCUT2D eigenvalue weighted by Gasteiger charge is -2.37. The highest BCUT2D eigenvalue weighted by Crippen LogP contribution is 2.32. The molecule has 0 aliphatic carbocycles. The van der Waals surface area contributed by atoms with Gasteiger partial charge in [-0.15, -0.1) is 23.7 Å². The smallest absolute Gasteiger partial charge is 0.230 e. The maximum atomic E-state index is 12.6. The lowest BCUT2D eigenvalue weighted by atomic mass is 9.79. The topological polar surface area (TPSA) is 55.6 Å². The van der Waals surface area contributed by atoms with Crippen LogP contribution in [0.1, 0.15) is 18.4 Å². The minimum Gasteiger partial charge on any atom is -0.381 e. The Labute approximate surface area is 138 Å². The first-order valence-electron chi connectivity index (χ1n) is 6.34. The highest BCUT2D eigenvalue weighted by molar-refractivity contribution is 9.11. The van der Waals surface area contributed by atoms with Gasteiger partial charge in [0, 0.05) is 33.4 Å². The third-order valence-corrected chi connectivity index (χ3v) is 5.24. The van der Waals surface area contributed by atoms with Crippen molar-refractivity contribution in [3.05, 3.63) is 20.8 Å². The first-order chi connectivity index (χ1) is 9.07. The molecule has 0 saturated carbocycles. The summed E-state index contributed by atoms with van der Waals surface area (Å²) in [4.78, 5) is 14.4. The molecule has 2 rings (SSSR count). The molecule has 1 amide bonds. The van der Waals surface area contributed by atoms with Gasteiger partial charge in [0.15, 0.2) is 0 Å². The molecule has 1 aromatic rings. The summed E-state index contributed by atoms with van der Waals surface area (Å²) in [6, 6.07) is 2.05. The van der Waals surface area contributed by atoms with E-state index in [2.05, 4.69) is 21.3 Å². The van der Waals surface area contributed by atoms with E-state index in [4.69, 9.17) is 10.5 Å². The molecule has 0 radical (unpaired) electrons. The molecule has 1 aliphatic heterocycles. The van der Waals surface area contributed by atoms with E-state index < -0.39 is 5.41 Å². The summed E-state index contributed by atoms with van der Waals surface area (Å²) in [5.41, 5.74) is 6.58. The van der Waals surface area contributed by atoms with Crippen molar-refractivity contribution in [2.75, 3.05) is 26.8 Å². The van der Waals surface area contributed by atoms with Crippen molar-refractivity contribution in [2.45, 2.75) is 19.4 Å². The van der Waals surface area contributed by atoms with E-state index in [1.165, 1.54) is 0 Å². The summed E-state index contributed by atoms with van der Waals surface area (Å²) < 4.78 is 6.43. The van der Waals surface area contributed by atoms with Crippen LogP contribution in [0.3, 0.4) is 0 Å². The number of nitrogens with zero attached hydrogens (tertiary/aromatic N) is 1. The molecule has 114 valence electrons. The highest BCUT2D eigenvalue weighted by atomic mass is 79.9. The summed E-state index contributed by atoms with van der Waals surface area (Å²) >= 11 is 5.07. The summed E-state index contributed by atoms with van der Waals surface area (Å²) in [7, 11) is 1.85. The predicted octanol–water partition coefficient (Wildman–Crippen LogP) is 2.65. The van der Waals surface area contributed by atoms with Crippen molar-refractivity contribution in [3.8, 4) is 0 Å². The number of halogens is 2. The molecule has 1 aliphatic rings. The standard InChI is InChI=1S/C13H19BrN2O2S.ClH/c1-16(7-10-6-11(14)19-8-10)12(17)13(9-15)2-4-18-5-3-13;/h6,8H,2-5,7,9,15H2,1H3;1H. The fraction of sp³-hybridized carbons (Fsp3) is 0.615. The molecule has 0 atom stereocenters. The van der Waals surface area contributed by atoms with Crippen molar-refractivity contribution in [2.24, 2.45) is 11.1 Å². The van der Waals surface area contributed by atoms with Crippen LogP contribution in [-0.2, 0) is 16.1 Å². The number of nitrogens with two attached hydrogens (primary N) is 1. The van der Waals surface area contributed by atoms with Crippen molar-refractivity contribution >= 4 is 45.6 Å². The van der Waals surface area contributed by atoms with Crippen molar-refractivity contribution in [3.63, 3.8) is 0 Å². The molecule has 1 saturated heterocycles. The molecule has 0 spiro atoms. The Morgan fingerprint density at radius 1 is 1.55 bits per heavy atom. The molecule has 0 aromatic carbocycles. The minimum atomic E-state index is -0.430. The van der Waals surface area contributed by atoms with Gasteiger partial charge < -0.3 is 15.4 Å². The Balaban J connectivity index is 0.00000200. The molecule has 0 unspecified atom stereocenters. The molecule has 1 aromatic heterocycles. The fourth-order valence-electron chi connectivity index (χ4n) is 2.45. The van der Waals surface area contributed by atoms with Crippen LogP contribution >= 0.6 is 39.7 Å². The Morgan fingerprint density at radius 2 is 2.20 bits per heavy atom. The van der Waals surface area contributed by atoms with E-state index in [1.54, 1.807) is 16.2 Å². The second-order valence-corrected chi connectivity index (χ2v) is 7.31. The number of carbonyl (C=O) groups is 1. The van der Waals surface area contributed by atoms with Crippen LogP contribution in [0.25, 0.3) is 0 Å². The number of thiophene rings is 1. The second-order valence-electron chi connectivity index (χ2n) is 5.02. The number of amides is 1. The molecule has 4 nitrogen and oxygen atoms in total. The second kappa shape index (κ2) is 7.75. The fourth-order valence-corrected chi connectivity index (χ4v) is 3.65. The van der Waals surface area contributed by atoms with Gasteiger partial charge in [0.1, 0.15) is 0 Å². The van der Waals surface area contributed by atoms with Crippen molar-refractivity contribution < 1.29 is 9.53 Å². The maximum absolute atomic E-state index is 12.6. The SMILES string of the molecule is CN(Cc1csc(Br)c1)C(=O)C1(CN)CCOCC1.Cl. The van der Waals surface area contributed by atoms with Crippen molar-refractivity contribution in [1.82, 2.24) is 4.90 Å². The van der Waals surface area contributed by atoms with Gasteiger partial charge >= 0.3 is 0 Å². The van der Waals surface area contributed by atoms with Crippen LogP contribution in [0.5, 0.6) is 0 Å². The summed E-state index contributed by atoms with van der Waals surface area (Å²) in [6.45, 7) is 2.28. The Kier molecular flexibility index (Phi) is 6.94. The number of carbonyl (C=O) groups excluding carboxylic acids is 1. The largest absolute Gasteiger partial charge is 0.381 e. The summed E-state index contributed by atoms with van der Waals surface area (Å²) in [5.74, 6) is 0.139. The van der Waals surface area contributed by atoms with E-state index in [0.717, 1.165) is 22.2 Å². The van der Waals surface area contributed by atoms with Gasteiger partial charge in [0.25, 0.3) is 0 Å². The molecule has 2 heterocycles. The average molecular weight is 384 g/mol. The summed E-state index contributed by atoms with van der Waals surface area (Å²) in [5, 5.41) is 2.06. The quantitative estimate of drug-likeness (QED) is 0.869. The van der Waals surface area contributed by atoms with Crippen LogP contribution in [-0.4, -0.2) is 37.6 Å². The number of hydrogen-bond donors (Lipinski definition) is 1. The molecule has 1 fully saturated rings. The van der Waals surface area contributed by atoms with Gasteiger partial charge in [-0.05, 0) is 45.8 Å². The molecular weight excluding hydrogens is 364 g/mol. The molecule has 7 heteroatoms. The zero-order valence-corrected chi connectivity index (χ0v) is 14.7. The minimum absolute atomic E-state index is 0. The molecule has 20 heavy (non-hydrogen) atoms. The Bertz CT molecular complexity index is 449. The Morgan fingerprint density at radius 3 is 2.70 bits per heavy atom. The normalized spacial score (nSPS) is 17.4. The van der Waals surface area contributed by atoms with E-state index >= 15 is 0 Å². The Hall–Kier alpha value is -0.140. The third kappa shape index (κ3) is 3.95. The van der Waals surface area contributed by atoms with E-state index in [-0.39, 0.29) is 18.3 Å². The van der Waals surface area contributed by atoms with Crippen LogP contribution < -0.4 is 5.73 Å². The van der Waals surface area contributed by atoms with Gasteiger partial charge in [0.2, 0.25) is 5.91 Å². The predicted molar refractivity (Wildman–Crippen MR) is 87.3 cm³/mol. The summed E-state index contributed by atoms with van der Waals surface area (Å²) in [6.07, 6.45) is 1.44. The van der Waals surface area contributed by atoms with Crippen LogP contribution in [0.2, 0.25) is 0 Å². The zero-order valence-electron chi connectivity index (χ0n) is 11.4. The van der Waals surface area contributed by atoms with Gasteiger partial charge in [-0.1, -0.05) is 0 Å². The zero-order chi connectivity index (χ0) is 13.9. The molecule has 2 N–H and O–H groups in total. The van der Waals surface area contributed by atoms with E-state index in [1.807, 2.05) is 13.1 Å².